The average Bonchev–Trinajstić information content (AvgIpc) is 3.50. The predicted molar refractivity (Wildman–Crippen MR) is 133 cm³/mol. The Morgan fingerprint density at radius 2 is 1.79 bits per heavy atom. The number of fused-ring (bicyclic) bond motifs is 1. The largest absolute Gasteiger partial charge is 0.489 e. The number of nitrogens with zero attached hydrogens (tertiary/aromatic N) is 2. The third-order valence-electron chi connectivity index (χ3n) is 6.91. The molecule has 11 nitrogen and oxygen atoms in total. The molecule has 2 aliphatic heterocycles. The molecule has 2 fully saturated rings. The van der Waals surface area contributed by atoms with Crippen LogP contribution in [0.1, 0.15) is 70.4 Å². The quantitative estimate of drug-likeness (QED) is 0.499. The summed E-state index contributed by atoms with van der Waals surface area (Å²) in [5.74, 6) is -1.83. The van der Waals surface area contributed by atoms with Gasteiger partial charge in [0.25, 0.3) is 11.8 Å². The number of ether oxygens (including phenoxy) is 1. The number of anilines is 1. The first-order valence-electron chi connectivity index (χ1n) is 12.4. The van der Waals surface area contributed by atoms with Gasteiger partial charge < -0.3 is 15.4 Å². The van der Waals surface area contributed by atoms with Crippen LogP contribution in [0.15, 0.2) is 36.4 Å². The van der Waals surface area contributed by atoms with Gasteiger partial charge in [0.2, 0.25) is 11.8 Å². The maximum Gasteiger partial charge on any atom is 0.319 e. The minimum absolute atomic E-state index is 0.0419. The van der Waals surface area contributed by atoms with Crippen molar-refractivity contribution in [1.82, 2.24) is 15.5 Å². The van der Waals surface area contributed by atoms with Crippen LogP contribution in [-0.2, 0) is 16.1 Å². The standard InChI is InChI=1S/C27H25N5O6/c28-13-16-12-17(6-9-22(16)38-18-3-1-2-4-18)30-27(37)29-14-15-5-7-19-20(11-15)26(36)32(25(19)35)21-8-10-23(33)31-24(21)34/h5-7,9,11-12,18,21H,1-4,8,10,14H2,(H2,29,30,37)(H,31,33,34). The zero-order valence-electron chi connectivity index (χ0n) is 20.4. The summed E-state index contributed by atoms with van der Waals surface area (Å²) >= 11 is 0. The van der Waals surface area contributed by atoms with Crippen LogP contribution in [0.3, 0.4) is 0 Å². The van der Waals surface area contributed by atoms with Crippen molar-refractivity contribution in [3.63, 3.8) is 0 Å². The molecule has 1 saturated carbocycles. The second-order valence-corrected chi connectivity index (χ2v) is 9.48. The van der Waals surface area contributed by atoms with Gasteiger partial charge in [-0.15, -0.1) is 0 Å². The van der Waals surface area contributed by atoms with E-state index in [1.165, 1.54) is 12.1 Å². The van der Waals surface area contributed by atoms with Gasteiger partial charge in [0, 0.05) is 18.7 Å². The van der Waals surface area contributed by atoms with Crippen molar-refractivity contribution in [3.8, 4) is 11.8 Å². The number of rotatable bonds is 6. The molecular formula is C27H25N5O6. The van der Waals surface area contributed by atoms with E-state index in [0.29, 0.717) is 22.6 Å². The number of hydrogen-bond donors (Lipinski definition) is 3. The fourth-order valence-electron chi connectivity index (χ4n) is 4.97. The number of nitrogens with one attached hydrogen (secondary N) is 3. The van der Waals surface area contributed by atoms with Gasteiger partial charge in [-0.25, -0.2) is 4.79 Å². The number of hydrogen-bond acceptors (Lipinski definition) is 7. The molecule has 11 heteroatoms. The first kappa shape index (κ1) is 25.0. The van der Waals surface area contributed by atoms with Crippen LogP contribution in [-0.4, -0.2) is 46.7 Å². The summed E-state index contributed by atoms with van der Waals surface area (Å²) in [5, 5.41) is 17.0. The minimum atomic E-state index is -1.04. The number of benzene rings is 2. The van der Waals surface area contributed by atoms with Crippen LogP contribution in [0.5, 0.6) is 5.75 Å². The zero-order valence-corrected chi connectivity index (χ0v) is 20.4. The summed E-state index contributed by atoms with van der Waals surface area (Å²) < 4.78 is 5.93. The van der Waals surface area contributed by atoms with Gasteiger partial charge in [-0.1, -0.05) is 6.07 Å². The molecule has 2 aromatic carbocycles. The zero-order chi connectivity index (χ0) is 26.8. The fraction of sp³-hybridized carbons (Fsp3) is 0.333. The van der Waals surface area contributed by atoms with Crippen molar-refractivity contribution in [3.05, 3.63) is 58.7 Å². The van der Waals surface area contributed by atoms with Crippen molar-refractivity contribution < 1.29 is 28.7 Å². The Balaban J connectivity index is 1.20. The van der Waals surface area contributed by atoms with Crippen molar-refractivity contribution in [2.45, 2.75) is 57.2 Å². The highest BCUT2D eigenvalue weighted by molar-refractivity contribution is 6.23. The van der Waals surface area contributed by atoms with E-state index in [1.54, 1.807) is 24.3 Å². The summed E-state index contributed by atoms with van der Waals surface area (Å²) in [6.07, 6.45) is 4.37. The van der Waals surface area contributed by atoms with Gasteiger partial charge in [-0.3, -0.25) is 29.4 Å². The molecule has 6 amide bonds. The van der Waals surface area contributed by atoms with Crippen molar-refractivity contribution >= 4 is 35.3 Å². The smallest absolute Gasteiger partial charge is 0.319 e. The Hall–Kier alpha value is -4.72. The molecule has 5 rings (SSSR count). The molecule has 0 radical (unpaired) electrons. The number of imide groups is 2. The molecule has 2 heterocycles. The number of urea groups is 1. The van der Waals surface area contributed by atoms with Crippen LogP contribution in [0.2, 0.25) is 0 Å². The van der Waals surface area contributed by atoms with Crippen molar-refractivity contribution in [2.24, 2.45) is 0 Å². The molecule has 1 saturated heterocycles. The molecule has 38 heavy (non-hydrogen) atoms. The van der Waals surface area contributed by atoms with E-state index in [2.05, 4.69) is 22.0 Å². The summed E-state index contributed by atoms with van der Waals surface area (Å²) in [5.41, 5.74) is 1.63. The van der Waals surface area contributed by atoms with Crippen molar-refractivity contribution in [1.29, 1.82) is 5.26 Å². The molecular weight excluding hydrogens is 490 g/mol. The molecule has 194 valence electrons. The lowest BCUT2D eigenvalue weighted by Gasteiger charge is -2.27. The molecule has 3 aliphatic rings. The van der Waals surface area contributed by atoms with E-state index >= 15 is 0 Å². The summed E-state index contributed by atoms with van der Waals surface area (Å²) in [6, 6.07) is 10.0. The Labute approximate surface area is 218 Å². The van der Waals surface area contributed by atoms with E-state index in [4.69, 9.17) is 4.74 Å². The topological polar surface area (TPSA) is 158 Å². The van der Waals surface area contributed by atoms with E-state index in [9.17, 15) is 29.2 Å². The van der Waals surface area contributed by atoms with E-state index in [-0.39, 0.29) is 36.6 Å². The number of piperidine rings is 1. The summed E-state index contributed by atoms with van der Waals surface area (Å²) in [6.45, 7) is 0.0625. The highest BCUT2D eigenvalue weighted by atomic mass is 16.5. The third kappa shape index (κ3) is 4.93. The Bertz CT molecular complexity index is 1390. The number of carbonyl (C=O) groups is 5. The normalized spacial score (nSPS) is 19.1. The summed E-state index contributed by atoms with van der Waals surface area (Å²) in [4.78, 5) is 62.8. The lowest BCUT2D eigenvalue weighted by molar-refractivity contribution is -0.136. The predicted octanol–water partition coefficient (Wildman–Crippen LogP) is 2.60. The maximum atomic E-state index is 13.0. The molecule has 0 bridgehead atoms. The number of amides is 6. The Kier molecular flexibility index (Phi) is 6.79. The Morgan fingerprint density at radius 1 is 1.03 bits per heavy atom. The lowest BCUT2D eigenvalue weighted by Crippen LogP contribution is -2.54. The van der Waals surface area contributed by atoms with Crippen LogP contribution >= 0.6 is 0 Å². The van der Waals surface area contributed by atoms with Crippen LogP contribution < -0.4 is 20.7 Å². The van der Waals surface area contributed by atoms with Gasteiger partial charge in [0.1, 0.15) is 17.9 Å². The van der Waals surface area contributed by atoms with Crippen LogP contribution in [0.4, 0.5) is 10.5 Å². The fourth-order valence-corrected chi connectivity index (χ4v) is 4.97. The van der Waals surface area contributed by atoms with Crippen LogP contribution in [0.25, 0.3) is 0 Å². The molecule has 2 aromatic rings. The molecule has 0 spiro atoms. The van der Waals surface area contributed by atoms with Gasteiger partial charge in [0.15, 0.2) is 0 Å². The summed E-state index contributed by atoms with van der Waals surface area (Å²) in [7, 11) is 0. The SMILES string of the molecule is N#Cc1cc(NC(=O)NCc2ccc3c(c2)C(=O)N(C2CCC(=O)NC2=O)C3=O)ccc1OC1CCCC1. The van der Waals surface area contributed by atoms with Gasteiger partial charge in [-0.2, -0.15) is 5.26 Å². The number of nitriles is 1. The van der Waals surface area contributed by atoms with Gasteiger partial charge in [0.05, 0.1) is 22.8 Å². The maximum absolute atomic E-state index is 13.0. The first-order valence-corrected chi connectivity index (χ1v) is 12.4. The molecule has 1 unspecified atom stereocenters. The van der Waals surface area contributed by atoms with Crippen molar-refractivity contribution in [2.75, 3.05) is 5.32 Å². The van der Waals surface area contributed by atoms with Crippen LogP contribution in [0, 0.1) is 11.3 Å². The van der Waals surface area contributed by atoms with E-state index < -0.39 is 35.7 Å². The second-order valence-electron chi connectivity index (χ2n) is 9.48. The molecule has 3 N–H and O–H groups in total. The minimum Gasteiger partial charge on any atom is -0.489 e. The third-order valence-corrected chi connectivity index (χ3v) is 6.91. The Morgan fingerprint density at radius 3 is 2.53 bits per heavy atom. The second kappa shape index (κ2) is 10.3. The van der Waals surface area contributed by atoms with Gasteiger partial charge in [-0.05, 0) is 68.0 Å². The van der Waals surface area contributed by atoms with Gasteiger partial charge >= 0.3 is 6.03 Å². The molecule has 0 aromatic heterocycles. The van der Waals surface area contributed by atoms with E-state index in [1.807, 2.05) is 0 Å². The molecule has 1 atom stereocenters. The molecule has 1 aliphatic carbocycles. The first-order chi connectivity index (χ1) is 18.3. The number of carbonyl (C=O) groups excluding carboxylic acids is 5. The van der Waals surface area contributed by atoms with E-state index in [0.717, 1.165) is 30.6 Å². The average molecular weight is 516 g/mol. The highest BCUT2D eigenvalue weighted by Gasteiger charge is 2.44. The lowest BCUT2D eigenvalue weighted by atomic mass is 10.0. The monoisotopic (exact) mass is 515 g/mol. The highest BCUT2D eigenvalue weighted by Crippen LogP contribution is 2.29.